The Bertz CT molecular complexity index is 2040. The molecule has 2 aromatic heterocycles. The summed E-state index contributed by atoms with van der Waals surface area (Å²) in [7, 11) is 0. The molecule has 1 unspecified atom stereocenters. The molecule has 0 bridgehead atoms. The van der Waals surface area contributed by atoms with Crippen LogP contribution >= 0.6 is 34.4 Å². The van der Waals surface area contributed by atoms with Gasteiger partial charge in [0.25, 0.3) is 11.8 Å². The summed E-state index contributed by atoms with van der Waals surface area (Å²) in [6.07, 6.45) is 1.67. The molecule has 0 aliphatic carbocycles. The highest BCUT2D eigenvalue weighted by Gasteiger charge is 2.24. The molecular weight excluding hydrogens is 657 g/mol. The normalized spacial score (nSPS) is 11.8. The molecule has 6 rings (SSSR count). The molecule has 238 valence electrons. The van der Waals surface area contributed by atoms with Crippen molar-refractivity contribution in [3.05, 3.63) is 160 Å². The fraction of sp³-hybridized carbons (Fsp3) is 0.0526. The van der Waals surface area contributed by atoms with E-state index < -0.39 is 11.2 Å². The van der Waals surface area contributed by atoms with Gasteiger partial charge in [0.05, 0.1) is 10.6 Å². The number of rotatable bonds is 11. The molecule has 0 aliphatic rings. The molecule has 48 heavy (non-hydrogen) atoms. The molecule has 0 spiro atoms. The number of thiophene rings is 1. The van der Waals surface area contributed by atoms with E-state index in [0.29, 0.717) is 16.4 Å². The molecule has 3 N–H and O–H groups in total. The first kappa shape index (κ1) is 32.6. The van der Waals surface area contributed by atoms with Crippen LogP contribution in [0.2, 0.25) is 0 Å². The zero-order valence-electron chi connectivity index (χ0n) is 25.8. The highest BCUT2D eigenvalue weighted by molar-refractivity contribution is 8.00. The molecule has 0 radical (unpaired) electrons. The van der Waals surface area contributed by atoms with Gasteiger partial charge < -0.3 is 16.0 Å². The molecule has 1 atom stereocenters. The van der Waals surface area contributed by atoms with Crippen molar-refractivity contribution < 1.29 is 14.4 Å². The zero-order valence-corrected chi connectivity index (χ0v) is 28.2. The standard InChI is InChI=1S/C38H30N4O3S3/c1-25-11-8-9-16-28(25)23-31(40-35(43)27-14-6-3-7-15-27)36(44)39-29-18-20-30(21-19-29)48-34(26-12-4-2-5-13-26)37(45)42-38-41-32(24-47-38)33-17-10-22-46-33/h2-24,34H,1H3,(H,39,44)(H,40,43)(H,41,42,45)/b31-23-. The number of nitrogens with one attached hydrogen (secondary N) is 3. The summed E-state index contributed by atoms with van der Waals surface area (Å²) in [5.41, 5.74) is 4.56. The lowest BCUT2D eigenvalue weighted by molar-refractivity contribution is -0.116. The van der Waals surface area contributed by atoms with Crippen LogP contribution in [-0.4, -0.2) is 22.7 Å². The number of carbonyl (C=O) groups is 3. The van der Waals surface area contributed by atoms with Gasteiger partial charge in [-0.3, -0.25) is 14.4 Å². The number of aryl methyl sites for hydroxylation is 1. The van der Waals surface area contributed by atoms with Crippen LogP contribution in [0, 0.1) is 6.92 Å². The van der Waals surface area contributed by atoms with Crippen molar-refractivity contribution >= 4 is 69.1 Å². The van der Waals surface area contributed by atoms with Crippen LogP contribution in [-0.2, 0) is 9.59 Å². The highest BCUT2D eigenvalue weighted by Crippen LogP contribution is 2.37. The van der Waals surface area contributed by atoms with Gasteiger partial charge in [0, 0.05) is 21.5 Å². The Morgan fingerprint density at radius 3 is 2.19 bits per heavy atom. The Labute approximate surface area is 290 Å². The largest absolute Gasteiger partial charge is 0.321 e. The number of amides is 3. The van der Waals surface area contributed by atoms with Crippen molar-refractivity contribution in [1.29, 1.82) is 0 Å². The average molecular weight is 687 g/mol. The van der Waals surface area contributed by atoms with E-state index in [-0.39, 0.29) is 17.5 Å². The molecule has 0 fully saturated rings. The van der Waals surface area contributed by atoms with E-state index in [1.54, 1.807) is 53.8 Å². The lowest BCUT2D eigenvalue weighted by Crippen LogP contribution is -2.30. The number of aromatic nitrogens is 1. The molecule has 10 heteroatoms. The number of hydrogen-bond acceptors (Lipinski definition) is 7. The van der Waals surface area contributed by atoms with Gasteiger partial charge in [-0.05, 0) is 77.5 Å². The molecular formula is C38H30N4O3S3. The summed E-state index contributed by atoms with van der Waals surface area (Å²) in [4.78, 5) is 46.6. The van der Waals surface area contributed by atoms with Crippen LogP contribution in [0.4, 0.5) is 10.8 Å². The van der Waals surface area contributed by atoms with Gasteiger partial charge in [0.1, 0.15) is 10.9 Å². The maximum absolute atomic E-state index is 13.6. The first-order valence-electron chi connectivity index (χ1n) is 15.0. The van der Waals surface area contributed by atoms with E-state index >= 15 is 0 Å². The fourth-order valence-corrected chi connectivity index (χ4v) is 7.24. The molecule has 0 saturated heterocycles. The minimum Gasteiger partial charge on any atom is -0.321 e. The number of carbonyl (C=O) groups excluding carboxylic acids is 3. The molecule has 0 aliphatic heterocycles. The summed E-state index contributed by atoms with van der Waals surface area (Å²) in [6, 6.07) is 37.2. The van der Waals surface area contributed by atoms with Crippen LogP contribution in [0.3, 0.4) is 0 Å². The van der Waals surface area contributed by atoms with Gasteiger partial charge in [0.2, 0.25) is 5.91 Å². The minimum atomic E-state index is -0.544. The number of anilines is 2. The zero-order chi connectivity index (χ0) is 33.3. The monoisotopic (exact) mass is 686 g/mol. The smallest absolute Gasteiger partial charge is 0.272 e. The third-order valence-corrected chi connectivity index (χ3v) is 10.1. The number of hydrogen-bond donors (Lipinski definition) is 3. The van der Waals surface area contributed by atoms with Crippen LogP contribution in [0.25, 0.3) is 16.6 Å². The predicted molar refractivity (Wildman–Crippen MR) is 197 cm³/mol. The predicted octanol–water partition coefficient (Wildman–Crippen LogP) is 9.06. The molecule has 6 aromatic rings. The molecule has 3 amide bonds. The van der Waals surface area contributed by atoms with Crippen molar-refractivity contribution in [2.75, 3.05) is 10.6 Å². The highest BCUT2D eigenvalue weighted by atomic mass is 32.2. The summed E-state index contributed by atoms with van der Waals surface area (Å²) in [5, 5.41) is 12.6. The first-order chi connectivity index (χ1) is 23.4. The number of nitrogens with zero attached hydrogens (tertiary/aromatic N) is 1. The summed E-state index contributed by atoms with van der Waals surface area (Å²) in [5.74, 6) is -1.03. The van der Waals surface area contributed by atoms with E-state index in [2.05, 4.69) is 20.9 Å². The topological polar surface area (TPSA) is 100 Å². The number of thiazole rings is 1. The van der Waals surface area contributed by atoms with Crippen molar-refractivity contribution in [2.24, 2.45) is 0 Å². The lowest BCUT2D eigenvalue weighted by atomic mass is 10.1. The lowest BCUT2D eigenvalue weighted by Gasteiger charge is -2.17. The number of thioether (sulfide) groups is 1. The van der Waals surface area contributed by atoms with Gasteiger partial charge in [-0.2, -0.15) is 0 Å². The Morgan fingerprint density at radius 2 is 1.48 bits per heavy atom. The quantitative estimate of drug-likeness (QED) is 0.0933. The Hall–Kier alpha value is -5.29. The second-order valence-corrected chi connectivity index (χ2v) is 13.6. The van der Waals surface area contributed by atoms with Gasteiger partial charge in [-0.15, -0.1) is 34.4 Å². The van der Waals surface area contributed by atoms with Crippen molar-refractivity contribution in [2.45, 2.75) is 17.1 Å². The van der Waals surface area contributed by atoms with Crippen LogP contribution < -0.4 is 16.0 Å². The van der Waals surface area contributed by atoms with E-state index in [1.165, 1.54) is 23.1 Å². The maximum atomic E-state index is 13.6. The second kappa shape index (κ2) is 15.5. The third-order valence-electron chi connectivity index (χ3n) is 7.23. The summed E-state index contributed by atoms with van der Waals surface area (Å²) >= 11 is 4.40. The van der Waals surface area contributed by atoms with Gasteiger partial charge in [-0.1, -0.05) is 78.9 Å². The molecule has 0 saturated carbocycles. The minimum absolute atomic E-state index is 0.113. The summed E-state index contributed by atoms with van der Waals surface area (Å²) in [6.45, 7) is 1.94. The van der Waals surface area contributed by atoms with Gasteiger partial charge in [0.15, 0.2) is 5.13 Å². The van der Waals surface area contributed by atoms with Crippen LogP contribution in [0.15, 0.2) is 143 Å². The Balaban J connectivity index is 1.17. The molecule has 2 heterocycles. The van der Waals surface area contributed by atoms with E-state index in [1.807, 2.05) is 103 Å². The number of benzene rings is 4. The van der Waals surface area contributed by atoms with Crippen LogP contribution in [0.1, 0.15) is 32.3 Å². The average Bonchev–Trinajstić information content (AvgIpc) is 3.82. The first-order valence-corrected chi connectivity index (χ1v) is 17.6. The third kappa shape index (κ3) is 8.34. The fourth-order valence-electron chi connectivity index (χ4n) is 4.74. The van der Waals surface area contributed by atoms with Crippen molar-refractivity contribution in [3.63, 3.8) is 0 Å². The Morgan fingerprint density at radius 1 is 0.771 bits per heavy atom. The van der Waals surface area contributed by atoms with Gasteiger partial charge >= 0.3 is 0 Å². The van der Waals surface area contributed by atoms with Gasteiger partial charge in [-0.25, -0.2) is 4.98 Å². The Kier molecular flexibility index (Phi) is 10.6. The van der Waals surface area contributed by atoms with Crippen LogP contribution in [0.5, 0.6) is 0 Å². The SMILES string of the molecule is Cc1ccccc1/C=C(\NC(=O)c1ccccc1)C(=O)Nc1ccc(SC(C(=O)Nc2nc(-c3cccs3)cs2)c2ccccc2)cc1. The molecule has 4 aromatic carbocycles. The van der Waals surface area contributed by atoms with Crippen molar-refractivity contribution in [1.82, 2.24) is 10.3 Å². The second-order valence-electron chi connectivity index (χ2n) is 10.6. The maximum Gasteiger partial charge on any atom is 0.272 e. The van der Waals surface area contributed by atoms with E-state index in [0.717, 1.165) is 32.2 Å². The van der Waals surface area contributed by atoms with E-state index in [4.69, 9.17) is 0 Å². The summed E-state index contributed by atoms with van der Waals surface area (Å²) < 4.78 is 0. The van der Waals surface area contributed by atoms with Crippen molar-refractivity contribution in [3.8, 4) is 10.6 Å². The van der Waals surface area contributed by atoms with E-state index in [9.17, 15) is 14.4 Å². The molecule has 7 nitrogen and oxygen atoms in total.